The molecule has 1 heterocycles. The number of carbonyl (C=O) groups is 1. The minimum Gasteiger partial charge on any atom is -0.337 e. The van der Waals surface area contributed by atoms with Crippen LogP contribution in [-0.2, 0) is 0 Å². The molecular formula is C12H14BrFN2O. The van der Waals surface area contributed by atoms with E-state index < -0.39 is 5.82 Å². The van der Waals surface area contributed by atoms with Crippen molar-refractivity contribution >= 4 is 21.8 Å². The molecule has 0 bridgehead atoms. The summed E-state index contributed by atoms with van der Waals surface area (Å²) in [7, 11) is 0. The lowest BCUT2D eigenvalue weighted by molar-refractivity contribution is 0.0785. The first kappa shape index (κ1) is 12.5. The van der Waals surface area contributed by atoms with Crippen LogP contribution in [0.25, 0.3) is 0 Å². The Morgan fingerprint density at radius 3 is 2.82 bits per heavy atom. The molecule has 1 amide bonds. The molecule has 1 aromatic rings. The molecule has 0 radical (unpaired) electrons. The first-order valence-electron chi connectivity index (χ1n) is 5.49. The Kier molecular flexibility index (Phi) is 3.49. The zero-order chi connectivity index (χ0) is 12.6. The normalized spacial score (nSPS) is 24.1. The van der Waals surface area contributed by atoms with Gasteiger partial charge in [0.25, 0.3) is 5.91 Å². The van der Waals surface area contributed by atoms with Crippen molar-refractivity contribution in [3.8, 4) is 0 Å². The van der Waals surface area contributed by atoms with Crippen LogP contribution in [0.15, 0.2) is 22.7 Å². The number of rotatable bonds is 1. The number of likely N-dealkylation sites (tertiary alicyclic amines) is 1. The van der Waals surface area contributed by atoms with Gasteiger partial charge in [-0.2, -0.15) is 0 Å². The average Bonchev–Trinajstić information content (AvgIpc) is 2.62. The minimum absolute atomic E-state index is 0.00582. The lowest BCUT2D eigenvalue weighted by atomic mass is 10.1. The predicted octanol–water partition coefficient (Wildman–Crippen LogP) is 2.01. The molecule has 1 aliphatic heterocycles. The van der Waals surface area contributed by atoms with E-state index >= 15 is 0 Å². The Morgan fingerprint density at radius 2 is 2.24 bits per heavy atom. The van der Waals surface area contributed by atoms with E-state index in [1.165, 1.54) is 12.1 Å². The molecule has 3 nitrogen and oxygen atoms in total. The number of halogens is 2. The lowest BCUT2D eigenvalue weighted by Gasteiger charge is -2.16. The largest absolute Gasteiger partial charge is 0.337 e. The fourth-order valence-electron chi connectivity index (χ4n) is 1.99. The van der Waals surface area contributed by atoms with Crippen LogP contribution in [0.3, 0.4) is 0 Å². The molecule has 2 N–H and O–H groups in total. The fourth-order valence-corrected chi connectivity index (χ4v) is 2.41. The molecular weight excluding hydrogens is 287 g/mol. The summed E-state index contributed by atoms with van der Waals surface area (Å²) < 4.78 is 13.7. The van der Waals surface area contributed by atoms with E-state index in [2.05, 4.69) is 15.9 Å². The highest BCUT2D eigenvalue weighted by Crippen LogP contribution is 2.23. The van der Waals surface area contributed by atoms with Gasteiger partial charge in [-0.25, -0.2) is 4.39 Å². The third-order valence-corrected chi connectivity index (χ3v) is 3.81. The SMILES string of the molecule is CC1CN(C(=O)c2cc(F)ccc2Br)CC1N. The topological polar surface area (TPSA) is 46.3 Å². The number of hydrogen-bond acceptors (Lipinski definition) is 2. The van der Waals surface area contributed by atoms with Crippen molar-refractivity contribution in [1.82, 2.24) is 4.90 Å². The van der Waals surface area contributed by atoms with E-state index in [1.807, 2.05) is 6.92 Å². The van der Waals surface area contributed by atoms with Crippen LogP contribution in [0.2, 0.25) is 0 Å². The maximum absolute atomic E-state index is 13.1. The van der Waals surface area contributed by atoms with E-state index in [-0.39, 0.29) is 17.9 Å². The van der Waals surface area contributed by atoms with Crippen molar-refractivity contribution in [3.05, 3.63) is 34.1 Å². The van der Waals surface area contributed by atoms with E-state index in [4.69, 9.17) is 5.73 Å². The van der Waals surface area contributed by atoms with Crippen LogP contribution in [0.4, 0.5) is 4.39 Å². The van der Waals surface area contributed by atoms with Gasteiger partial charge in [0.15, 0.2) is 0 Å². The highest BCUT2D eigenvalue weighted by Gasteiger charge is 2.31. The molecule has 1 fully saturated rings. The van der Waals surface area contributed by atoms with Gasteiger partial charge in [0.1, 0.15) is 5.82 Å². The summed E-state index contributed by atoms with van der Waals surface area (Å²) in [5, 5.41) is 0. The minimum atomic E-state index is -0.409. The fraction of sp³-hybridized carbons (Fsp3) is 0.417. The van der Waals surface area contributed by atoms with Crippen LogP contribution in [0.5, 0.6) is 0 Å². The van der Waals surface area contributed by atoms with E-state index in [0.717, 1.165) is 0 Å². The summed E-state index contributed by atoms with van der Waals surface area (Å²) in [6.45, 7) is 3.17. The number of nitrogens with two attached hydrogens (primary N) is 1. The summed E-state index contributed by atoms with van der Waals surface area (Å²) >= 11 is 3.26. The maximum atomic E-state index is 13.1. The molecule has 0 aromatic heterocycles. The van der Waals surface area contributed by atoms with Crippen molar-refractivity contribution in [2.24, 2.45) is 11.7 Å². The van der Waals surface area contributed by atoms with Crippen molar-refractivity contribution in [3.63, 3.8) is 0 Å². The van der Waals surface area contributed by atoms with Crippen molar-refractivity contribution < 1.29 is 9.18 Å². The van der Waals surface area contributed by atoms with E-state index in [1.54, 1.807) is 11.0 Å². The molecule has 5 heteroatoms. The Labute approximate surface area is 108 Å². The predicted molar refractivity (Wildman–Crippen MR) is 67.1 cm³/mol. The summed E-state index contributed by atoms with van der Waals surface area (Å²) in [5.74, 6) is -0.296. The van der Waals surface area contributed by atoms with Crippen LogP contribution in [0, 0.1) is 11.7 Å². The number of carbonyl (C=O) groups excluding carboxylic acids is 1. The number of hydrogen-bond donors (Lipinski definition) is 1. The zero-order valence-electron chi connectivity index (χ0n) is 9.49. The van der Waals surface area contributed by atoms with Crippen LogP contribution in [0.1, 0.15) is 17.3 Å². The van der Waals surface area contributed by atoms with Crippen LogP contribution < -0.4 is 5.73 Å². The highest BCUT2D eigenvalue weighted by molar-refractivity contribution is 9.10. The Bertz CT molecular complexity index is 442. The van der Waals surface area contributed by atoms with Crippen molar-refractivity contribution in [2.45, 2.75) is 13.0 Å². The number of nitrogens with zero attached hydrogens (tertiary/aromatic N) is 1. The number of benzene rings is 1. The molecule has 2 atom stereocenters. The van der Waals surface area contributed by atoms with E-state index in [0.29, 0.717) is 23.1 Å². The van der Waals surface area contributed by atoms with Gasteiger partial charge in [-0.1, -0.05) is 6.92 Å². The highest BCUT2D eigenvalue weighted by atomic mass is 79.9. The molecule has 2 unspecified atom stereocenters. The molecule has 1 saturated heterocycles. The van der Waals surface area contributed by atoms with Gasteiger partial charge >= 0.3 is 0 Å². The molecule has 0 spiro atoms. The zero-order valence-corrected chi connectivity index (χ0v) is 11.1. The Balaban J connectivity index is 2.23. The molecule has 17 heavy (non-hydrogen) atoms. The lowest BCUT2D eigenvalue weighted by Crippen LogP contribution is -2.32. The van der Waals surface area contributed by atoms with Crippen LogP contribution in [-0.4, -0.2) is 29.9 Å². The average molecular weight is 301 g/mol. The molecule has 92 valence electrons. The third-order valence-electron chi connectivity index (χ3n) is 3.12. The van der Waals surface area contributed by atoms with Crippen LogP contribution >= 0.6 is 15.9 Å². The first-order valence-corrected chi connectivity index (χ1v) is 6.28. The summed E-state index contributed by atoms with van der Waals surface area (Å²) in [4.78, 5) is 13.9. The van der Waals surface area contributed by atoms with Gasteiger partial charge < -0.3 is 10.6 Å². The molecule has 0 saturated carbocycles. The monoisotopic (exact) mass is 300 g/mol. The number of amides is 1. The Morgan fingerprint density at radius 1 is 1.53 bits per heavy atom. The van der Waals surface area contributed by atoms with Gasteiger partial charge in [-0.05, 0) is 40.0 Å². The van der Waals surface area contributed by atoms with Gasteiger partial charge in [-0.3, -0.25) is 4.79 Å². The second-order valence-electron chi connectivity index (χ2n) is 4.48. The summed E-state index contributed by atoms with van der Waals surface area (Å²) in [5.41, 5.74) is 6.23. The van der Waals surface area contributed by atoms with Crippen molar-refractivity contribution in [2.75, 3.05) is 13.1 Å². The summed E-state index contributed by atoms with van der Waals surface area (Å²) in [6.07, 6.45) is 0. The smallest absolute Gasteiger partial charge is 0.255 e. The quantitative estimate of drug-likeness (QED) is 0.862. The van der Waals surface area contributed by atoms with Gasteiger partial charge in [0.05, 0.1) is 5.56 Å². The first-order chi connectivity index (χ1) is 7.99. The van der Waals surface area contributed by atoms with Crippen molar-refractivity contribution in [1.29, 1.82) is 0 Å². The van der Waals surface area contributed by atoms with Gasteiger partial charge in [0.2, 0.25) is 0 Å². The Hall–Kier alpha value is -0.940. The second-order valence-corrected chi connectivity index (χ2v) is 5.33. The molecule has 1 aromatic carbocycles. The van der Waals surface area contributed by atoms with Gasteiger partial charge in [0, 0.05) is 23.6 Å². The van der Waals surface area contributed by atoms with E-state index in [9.17, 15) is 9.18 Å². The van der Waals surface area contributed by atoms with Gasteiger partial charge in [-0.15, -0.1) is 0 Å². The summed E-state index contributed by atoms with van der Waals surface area (Å²) in [6, 6.07) is 4.12. The standard InChI is InChI=1S/C12H14BrFN2O/c1-7-5-16(6-11(7)15)12(17)9-4-8(14)2-3-10(9)13/h2-4,7,11H,5-6,15H2,1H3. The molecule has 2 rings (SSSR count). The second kappa shape index (κ2) is 4.74. The third kappa shape index (κ3) is 2.50. The molecule has 1 aliphatic rings. The maximum Gasteiger partial charge on any atom is 0.255 e. The molecule has 0 aliphatic carbocycles.